The van der Waals surface area contributed by atoms with Gasteiger partial charge in [0.25, 0.3) is 0 Å². The van der Waals surface area contributed by atoms with Gasteiger partial charge in [0.15, 0.2) is 0 Å². The van der Waals surface area contributed by atoms with Crippen LogP contribution in [0.1, 0.15) is 62.5 Å². The molecule has 1 amide bonds. The summed E-state index contributed by atoms with van der Waals surface area (Å²) in [5.41, 5.74) is 2.83. The average Bonchev–Trinajstić information content (AvgIpc) is 3.09. The van der Waals surface area contributed by atoms with Crippen molar-refractivity contribution in [3.8, 4) is 0 Å². The highest BCUT2D eigenvalue weighted by Gasteiger charge is 2.62. The van der Waals surface area contributed by atoms with Crippen LogP contribution < -0.4 is 0 Å². The number of carbonyl (C=O) groups is 1. The minimum absolute atomic E-state index is 0.0610. The molecule has 1 heterocycles. The van der Waals surface area contributed by atoms with Crippen molar-refractivity contribution >= 4 is 5.91 Å². The normalized spacial score (nSPS) is 41.0. The molecule has 3 nitrogen and oxygen atoms in total. The quantitative estimate of drug-likeness (QED) is 0.897. The Labute approximate surface area is 156 Å². The Balaban J connectivity index is 1.50. The first-order valence-corrected chi connectivity index (χ1v) is 10.5. The van der Waals surface area contributed by atoms with Crippen LogP contribution in [-0.2, 0) is 10.2 Å². The molecular formula is C23H31NO2. The van der Waals surface area contributed by atoms with E-state index in [-0.39, 0.29) is 23.5 Å². The van der Waals surface area contributed by atoms with Gasteiger partial charge in [-0.25, -0.2) is 0 Å². The van der Waals surface area contributed by atoms with Gasteiger partial charge in [0, 0.05) is 6.54 Å². The van der Waals surface area contributed by atoms with Crippen molar-refractivity contribution in [1.29, 1.82) is 0 Å². The second kappa shape index (κ2) is 5.82. The topological polar surface area (TPSA) is 40.5 Å². The number of carbonyl (C=O) groups excluding carboxylic acids is 1. The van der Waals surface area contributed by atoms with E-state index in [0.717, 1.165) is 38.6 Å². The Hall–Kier alpha value is -1.35. The summed E-state index contributed by atoms with van der Waals surface area (Å²) in [5, 5.41) is 9.73. The Kier molecular flexibility index (Phi) is 3.76. The summed E-state index contributed by atoms with van der Waals surface area (Å²) in [4.78, 5) is 15.8. The molecule has 4 aliphatic carbocycles. The zero-order chi connectivity index (χ0) is 17.9. The highest BCUT2D eigenvalue weighted by molar-refractivity contribution is 5.84. The van der Waals surface area contributed by atoms with Crippen molar-refractivity contribution in [3.05, 3.63) is 35.4 Å². The molecule has 1 N–H and O–H groups in total. The molecule has 5 aliphatic rings. The van der Waals surface area contributed by atoms with E-state index < -0.39 is 0 Å². The van der Waals surface area contributed by atoms with Crippen LogP contribution in [0.15, 0.2) is 24.3 Å². The van der Waals surface area contributed by atoms with E-state index >= 15 is 0 Å². The third kappa shape index (κ3) is 2.39. The van der Waals surface area contributed by atoms with Gasteiger partial charge in [-0.2, -0.15) is 0 Å². The van der Waals surface area contributed by atoms with Crippen molar-refractivity contribution in [3.63, 3.8) is 0 Å². The zero-order valence-corrected chi connectivity index (χ0v) is 15.9. The minimum atomic E-state index is -0.160. The predicted molar refractivity (Wildman–Crippen MR) is 102 cm³/mol. The lowest BCUT2D eigenvalue weighted by molar-refractivity contribution is -0.161. The molecule has 6 rings (SSSR count). The van der Waals surface area contributed by atoms with Crippen LogP contribution in [0.2, 0.25) is 0 Å². The average molecular weight is 354 g/mol. The number of amides is 1. The molecule has 1 aromatic carbocycles. The number of likely N-dealkylation sites (tertiary alicyclic amines) is 1. The molecule has 0 aromatic heterocycles. The summed E-state index contributed by atoms with van der Waals surface area (Å²) in [7, 11) is 0. The van der Waals surface area contributed by atoms with Gasteiger partial charge >= 0.3 is 0 Å². The highest BCUT2D eigenvalue weighted by atomic mass is 16.3. The number of aliphatic hydroxyl groups is 1. The molecule has 4 bridgehead atoms. The smallest absolute Gasteiger partial charge is 0.229 e. The van der Waals surface area contributed by atoms with Crippen LogP contribution in [0.5, 0.6) is 0 Å². The third-order valence-electron chi connectivity index (χ3n) is 8.03. The fraction of sp³-hybridized carbons (Fsp3) is 0.696. The van der Waals surface area contributed by atoms with E-state index in [2.05, 4.69) is 36.1 Å². The number of aryl methyl sites for hydroxylation is 1. The van der Waals surface area contributed by atoms with E-state index in [1.807, 2.05) is 0 Å². The summed E-state index contributed by atoms with van der Waals surface area (Å²) >= 11 is 0. The number of hydrogen-bond acceptors (Lipinski definition) is 2. The summed E-state index contributed by atoms with van der Waals surface area (Å²) in [6, 6.07) is 9.20. The number of rotatable bonds is 3. The Morgan fingerprint density at radius 1 is 1.15 bits per heavy atom. The number of aliphatic hydroxyl groups excluding tert-OH is 1. The number of hydrogen-bond donors (Lipinski definition) is 1. The van der Waals surface area contributed by atoms with Crippen LogP contribution in [-0.4, -0.2) is 35.1 Å². The SMILES string of the molecule is Cc1ccc(C23CC4CC(CC(C(=O)N5CCCC5CO)(C4)C2)C3)cc1. The van der Waals surface area contributed by atoms with Crippen molar-refractivity contribution in [2.45, 2.75) is 69.7 Å². The molecule has 1 aliphatic heterocycles. The molecule has 140 valence electrons. The molecule has 3 atom stereocenters. The maximum Gasteiger partial charge on any atom is 0.229 e. The first-order valence-electron chi connectivity index (χ1n) is 10.5. The van der Waals surface area contributed by atoms with Gasteiger partial charge < -0.3 is 10.0 Å². The molecule has 1 saturated heterocycles. The summed E-state index contributed by atoms with van der Waals surface area (Å²) < 4.78 is 0. The largest absolute Gasteiger partial charge is 0.394 e. The molecule has 4 saturated carbocycles. The van der Waals surface area contributed by atoms with E-state index in [9.17, 15) is 9.90 Å². The summed E-state index contributed by atoms with van der Waals surface area (Å²) in [5.74, 6) is 1.79. The molecule has 1 aromatic rings. The lowest BCUT2D eigenvalue weighted by Crippen LogP contribution is -2.60. The fourth-order valence-corrected chi connectivity index (χ4v) is 7.36. The van der Waals surface area contributed by atoms with E-state index in [1.165, 1.54) is 30.4 Å². The molecule has 26 heavy (non-hydrogen) atoms. The minimum Gasteiger partial charge on any atom is -0.394 e. The van der Waals surface area contributed by atoms with Crippen LogP contribution in [0, 0.1) is 24.2 Å². The Bertz CT molecular complexity index is 695. The maximum atomic E-state index is 13.7. The monoisotopic (exact) mass is 353 g/mol. The Morgan fingerprint density at radius 3 is 2.50 bits per heavy atom. The van der Waals surface area contributed by atoms with E-state index in [0.29, 0.717) is 17.7 Å². The van der Waals surface area contributed by atoms with Gasteiger partial charge in [0.05, 0.1) is 18.1 Å². The summed E-state index contributed by atoms with van der Waals surface area (Å²) in [6.45, 7) is 3.12. The van der Waals surface area contributed by atoms with Gasteiger partial charge in [-0.1, -0.05) is 29.8 Å². The van der Waals surface area contributed by atoms with Crippen LogP contribution >= 0.6 is 0 Å². The number of nitrogens with zero attached hydrogens (tertiary/aromatic N) is 1. The van der Waals surface area contributed by atoms with E-state index in [1.54, 1.807) is 0 Å². The molecule has 0 spiro atoms. The molecule has 3 heteroatoms. The number of benzene rings is 1. The first kappa shape index (κ1) is 16.8. The first-order chi connectivity index (χ1) is 12.5. The lowest BCUT2D eigenvalue weighted by atomic mass is 9.42. The second-order valence-electron chi connectivity index (χ2n) is 9.86. The maximum absolute atomic E-state index is 13.7. The van der Waals surface area contributed by atoms with Crippen LogP contribution in [0.3, 0.4) is 0 Å². The van der Waals surface area contributed by atoms with Crippen molar-refractivity contribution < 1.29 is 9.90 Å². The van der Waals surface area contributed by atoms with Gasteiger partial charge in [-0.15, -0.1) is 0 Å². The standard InChI is InChI=1S/C23H31NO2/c1-16-4-6-19(7-5-16)22-10-17-9-18(11-22)13-23(12-17,15-22)21(26)24-8-2-3-20(24)14-25/h4-7,17-18,20,25H,2-3,8-15H2,1H3. The fourth-order valence-electron chi connectivity index (χ4n) is 7.36. The van der Waals surface area contributed by atoms with Crippen molar-refractivity contribution in [2.75, 3.05) is 13.2 Å². The lowest BCUT2D eigenvalue weighted by Gasteiger charge is -2.62. The predicted octanol–water partition coefficient (Wildman–Crippen LogP) is 3.82. The molecule has 5 fully saturated rings. The van der Waals surface area contributed by atoms with Gasteiger partial charge in [0.2, 0.25) is 5.91 Å². The second-order valence-corrected chi connectivity index (χ2v) is 9.86. The van der Waals surface area contributed by atoms with E-state index in [4.69, 9.17) is 0 Å². The van der Waals surface area contributed by atoms with Crippen molar-refractivity contribution in [2.24, 2.45) is 17.3 Å². The van der Waals surface area contributed by atoms with Crippen LogP contribution in [0.25, 0.3) is 0 Å². The zero-order valence-electron chi connectivity index (χ0n) is 15.9. The van der Waals surface area contributed by atoms with Gasteiger partial charge in [-0.3, -0.25) is 4.79 Å². The third-order valence-corrected chi connectivity index (χ3v) is 8.03. The molecular weight excluding hydrogens is 322 g/mol. The van der Waals surface area contributed by atoms with Gasteiger partial charge in [-0.05, 0) is 81.1 Å². The van der Waals surface area contributed by atoms with Crippen LogP contribution in [0.4, 0.5) is 0 Å². The summed E-state index contributed by atoms with van der Waals surface area (Å²) in [6.07, 6.45) is 9.08. The van der Waals surface area contributed by atoms with Crippen molar-refractivity contribution in [1.82, 2.24) is 4.90 Å². The van der Waals surface area contributed by atoms with Gasteiger partial charge in [0.1, 0.15) is 0 Å². The molecule has 0 radical (unpaired) electrons. The Morgan fingerprint density at radius 2 is 1.85 bits per heavy atom. The highest BCUT2D eigenvalue weighted by Crippen LogP contribution is 2.66. The molecule has 3 unspecified atom stereocenters.